The summed E-state index contributed by atoms with van der Waals surface area (Å²) < 4.78 is 3.10. The molecule has 1 aromatic carbocycles. The standard InChI is InChI=1S/C15H16N4O2/c1-11-2-4-12(5-3-11)9-18-10-16-14-13(15(18)21)8-17-19(14)6-7-20/h2-5,8,10,20H,6-7,9H2,1H3. The van der Waals surface area contributed by atoms with Crippen molar-refractivity contribution in [1.29, 1.82) is 0 Å². The smallest absolute Gasteiger partial charge is 0.264 e. The van der Waals surface area contributed by atoms with E-state index in [-0.39, 0.29) is 12.2 Å². The van der Waals surface area contributed by atoms with Gasteiger partial charge in [-0.25, -0.2) is 9.67 Å². The highest BCUT2D eigenvalue weighted by atomic mass is 16.3. The number of nitrogens with zero attached hydrogens (tertiary/aromatic N) is 4. The Hall–Kier alpha value is -2.47. The molecule has 0 fully saturated rings. The number of fused-ring (bicyclic) bond motifs is 1. The Morgan fingerprint density at radius 2 is 2.00 bits per heavy atom. The zero-order chi connectivity index (χ0) is 14.8. The van der Waals surface area contributed by atoms with Crippen molar-refractivity contribution in [3.63, 3.8) is 0 Å². The van der Waals surface area contributed by atoms with Gasteiger partial charge >= 0.3 is 0 Å². The van der Waals surface area contributed by atoms with Gasteiger partial charge in [-0.15, -0.1) is 0 Å². The normalized spacial score (nSPS) is 11.1. The number of aryl methyl sites for hydroxylation is 1. The van der Waals surface area contributed by atoms with Crippen LogP contribution in [-0.2, 0) is 13.1 Å². The van der Waals surface area contributed by atoms with Gasteiger partial charge in [-0.1, -0.05) is 29.8 Å². The van der Waals surface area contributed by atoms with E-state index >= 15 is 0 Å². The van der Waals surface area contributed by atoms with Gasteiger partial charge in [-0.05, 0) is 12.5 Å². The highest BCUT2D eigenvalue weighted by molar-refractivity contribution is 5.72. The summed E-state index contributed by atoms with van der Waals surface area (Å²) in [5, 5.41) is 13.5. The molecule has 1 N–H and O–H groups in total. The first-order valence-electron chi connectivity index (χ1n) is 6.76. The highest BCUT2D eigenvalue weighted by Crippen LogP contribution is 2.08. The van der Waals surface area contributed by atoms with Gasteiger partial charge < -0.3 is 5.11 Å². The molecule has 0 amide bonds. The Bertz CT molecular complexity index is 818. The van der Waals surface area contributed by atoms with E-state index in [4.69, 9.17) is 5.11 Å². The van der Waals surface area contributed by atoms with Crippen LogP contribution in [0.5, 0.6) is 0 Å². The lowest BCUT2D eigenvalue weighted by molar-refractivity contribution is 0.271. The van der Waals surface area contributed by atoms with Gasteiger partial charge in [-0.3, -0.25) is 9.36 Å². The SMILES string of the molecule is Cc1ccc(Cn2cnc3c(cnn3CCO)c2=O)cc1. The molecule has 0 saturated heterocycles. The number of hydrogen-bond donors (Lipinski definition) is 1. The third-order valence-electron chi connectivity index (χ3n) is 3.41. The third-order valence-corrected chi connectivity index (χ3v) is 3.41. The molecule has 3 aromatic rings. The fourth-order valence-electron chi connectivity index (χ4n) is 2.26. The first-order valence-corrected chi connectivity index (χ1v) is 6.76. The summed E-state index contributed by atoms with van der Waals surface area (Å²) in [5.41, 5.74) is 2.62. The molecule has 6 heteroatoms. The van der Waals surface area contributed by atoms with E-state index in [9.17, 15) is 4.79 Å². The topological polar surface area (TPSA) is 72.9 Å². The fraction of sp³-hybridized carbons (Fsp3) is 0.267. The van der Waals surface area contributed by atoms with Crippen LogP contribution in [0.4, 0.5) is 0 Å². The molecular weight excluding hydrogens is 268 g/mol. The maximum absolute atomic E-state index is 12.4. The van der Waals surface area contributed by atoms with Crippen molar-refractivity contribution in [1.82, 2.24) is 19.3 Å². The van der Waals surface area contributed by atoms with E-state index < -0.39 is 0 Å². The number of aliphatic hydroxyl groups is 1. The minimum atomic E-state index is -0.121. The van der Waals surface area contributed by atoms with E-state index in [1.807, 2.05) is 31.2 Å². The van der Waals surface area contributed by atoms with Gasteiger partial charge in [0.15, 0.2) is 5.65 Å². The molecule has 0 unspecified atom stereocenters. The van der Waals surface area contributed by atoms with E-state index in [2.05, 4.69) is 10.1 Å². The Labute approximate surface area is 121 Å². The summed E-state index contributed by atoms with van der Waals surface area (Å²) in [7, 11) is 0. The molecule has 0 aliphatic rings. The zero-order valence-corrected chi connectivity index (χ0v) is 11.7. The van der Waals surface area contributed by atoms with Crippen LogP contribution < -0.4 is 5.56 Å². The van der Waals surface area contributed by atoms with E-state index in [0.29, 0.717) is 24.1 Å². The molecule has 2 heterocycles. The van der Waals surface area contributed by atoms with Gasteiger partial charge in [0, 0.05) is 0 Å². The minimum Gasteiger partial charge on any atom is -0.394 e. The quantitative estimate of drug-likeness (QED) is 0.774. The van der Waals surface area contributed by atoms with E-state index in [0.717, 1.165) is 5.56 Å². The van der Waals surface area contributed by atoms with Crippen molar-refractivity contribution in [2.24, 2.45) is 0 Å². The maximum atomic E-state index is 12.4. The Balaban J connectivity index is 1.98. The van der Waals surface area contributed by atoms with E-state index in [1.165, 1.54) is 22.8 Å². The number of aliphatic hydroxyl groups excluding tert-OH is 1. The van der Waals surface area contributed by atoms with Crippen molar-refractivity contribution in [3.8, 4) is 0 Å². The number of hydrogen-bond acceptors (Lipinski definition) is 4. The molecule has 0 aliphatic heterocycles. The van der Waals surface area contributed by atoms with Gasteiger partial charge in [0.25, 0.3) is 5.56 Å². The third kappa shape index (κ3) is 2.57. The van der Waals surface area contributed by atoms with Crippen LogP contribution in [0.15, 0.2) is 41.6 Å². The lowest BCUT2D eigenvalue weighted by Crippen LogP contribution is -2.21. The molecule has 0 bridgehead atoms. The van der Waals surface area contributed by atoms with Crippen LogP contribution in [-0.4, -0.2) is 31.0 Å². The van der Waals surface area contributed by atoms with Crippen LogP contribution in [0.25, 0.3) is 11.0 Å². The Morgan fingerprint density at radius 1 is 1.24 bits per heavy atom. The molecule has 3 rings (SSSR count). The van der Waals surface area contributed by atoms with E-state index in [1.54, 1.807) is 4.57 Å². The molecule has 0 saturated carbocycles. The molecule has 0 radical (unpaired) electrons. The maximum Gasteiger partial charge on any atom is 0.264 e. The van der Waals surface area contributed by atoms with Crippen molar-refractivity contribution in [2.75, 3.05) is 6.61 Å². The molecular formula is C15H16N4O2. The first-order chi connectivity index (χ1) is 10.2. The van der Waals surface area contributed by atoms with Gasteiger partial charge in [-0.2, -0.15) is 5.10 Å². The summed E-state index contributed by atoms with van der Waals surface area (Å²) in [4.78, 5) is 16.7. The zero-order valence-electron chi connectivity index (χ0n) is 11.7. The molecule has 0 aliphatic carbocycles. The first kappa shape index (κ1) is 13.5. The lowest BCUT2D eigenvalue weighted by Gasteiger charge is -2.06. The monoisotopic (exact) mass is 284 g/mol. The summed E-state index contributed by atoms with van der Waals surface area (Å²) in [6, 6.07) is 8.04. The molecule has 0 atom stereocenters. The average Bonchev–Trinajstić information content (AvgIpc) is 2.89. The summed E-state index contributed by atoms with van der Waals surface area (Å²) in [6.45, 7) is 2.80. The second-order valence-corrected chi connectivity index (χ2v) is 4.99. The van der Waals surface area contributed by atoms with Crippen LogP contribution >= 0.6 is 0 Å². The molecule has 2 aromatic heterocycles. The van der Waals surface area contributed by atoms with Crippen LogP contribution in [0.3, 0.4) is 0 Å². The van der Waals surface area contributed by atoms with Gasteiger partial charge in [0.05, 0.1) is 25.9 Å². The van der Waals surface area contributed by atoms with Crippen LogP contribution in [0.1, 0.15) is 11.1 Å². The van der Waals surface area contributed by atoms with Crippen molar-refractivity contribution in [2.45, 2.75) is 20.0 Å². The average molecular weight is 284 g/mol. The number of aromatic nitrogens is 4. The highest BCUT2D eigenvalue weighted by Gasteiger charge is 2.09. The molecule has 21 heavy (non-hydrogen) atoms. The fourth-order valence-corrected chi connectivity index (χ4v) is 2.26. The predicted octanol–water partition coefficient (Wildman–Crippen LogP) is 0.942. The van der Waals surface area contributed by atoms with Crippen molar-refractivity contribution < 1.29 is 5.11 Å². The second-order valence-electron chi connectivity index (χ2n) is 4.99. The number of rotatable bonds is 4. The van der Waals surface area contributed by atoms with Crippen molar-refractivity contribution >= 4 is 11.0 Å². The van der Waals surface area contributed by atoms with Crippen LogP contribution in [0, 0.1) is 6.92 Å². The summed E-state index contributed by atoms with van der Waals surface area (Å²) in [5.74, 6) is 0. The lowest BCUT2D eigenvalue weighted by atomic mass is 10.1. The molecule has 6 nitrogen and oxygen atoms in total. The predicted molar refractivity (Wildman–Crippen MR) is 79.2 cm³/mol. The largest absolute Gasteiger partial charge is 0.394 e. The van der Waals surface area contributed by atoms with Crippen molar-refractivity contribution in [3.05, 3.63) is 58.3 Å². The molecule has 0 spiro atoms. The number of benzene rings is 1. The van der Waals surface area contributed by atoms with Gasteiger partial charge in [0.2, 0.25) is 0 Å². The summed E-state index contributed by atoms with van der Waals surface area (Å²) in [6.07, 6.45) is 3.03. The molecule has 108 valence electrons. The minimum absolute atomic E-state index is 0.0368. The Morgan fingerprint density at radius 3 is 2.71 bits per heavy atom. The van der Waals surface area contributed by atoms with Gasteiger partial charge in [0.1, 0.15) is 11.7 Å². The Kier molecular flexibility index (Phi) is 3.53. The summed E-state index contributed by atoms with van der Waals surface area (Å²) >= 11 is 0. The second kappa shape index (κ2) is 5.49. The van der Waals surface area contributed by atoms with Crippen LogP contribution in [0.2, 0.25) is 0 Å².